The first-order valence-electron chi connectivity index (χ1n) is 7.03. The van der Waals surface area contributed by atoms with E-state index in [1.165, 1.54) is 0 Å². The molecule has 1 aromatic rings. The van der Waals surface area contributed by atoms with Crippen LogP contribution in [0.25, 0.3) is 0 Å². The Morgan fingerprint density at radius 2 is 2.00 bits per heavy atom. The minimum Gasteiger partial charge on any atom is -0.489 e. The third kappa shape index (κ3) is 5.05. The van der Waals surface area contributed by atoms with E-state index < -0.39 is 0 Å². The van der Waals surface area contributed by atoms with Crippen LogP contribution >= 0.6 is 0 Å². The summed E-state index contributed by atoms with van der Waals surface area (Å²) in [6.45, 7) is 9.59. The zero-order chi connectivity index (χ0) is 13.4. The minimum atomic E-state index is 0.262. The van der Waals surface area contributed by atoms with Crippen LogP contribution in [0.1, 0.15) is 58.7 Å². The molecule has 0 fully saturated rings. The van der Waals surface area contributed by atoms with Crippen LogP contribution in [-0.2, 0) is 0 Å². The van der Waals surface area contributed by atoms with Gasteiger partial charge >= 0.3 is 0 Å². The van der Waals surface area contributed by atoms with E-state index in [0.29, 0.717) is 6.04 Å². The van der Waals surface area contributed by atoms with Gasteiger partial charge in [-0.25, -0.2) is 0 Å². The second kappa shape index (κ2) is 8.09. The Kier molecular flexibility index (Phi) is 6.73. The lowest BCUT2D eigenvalue weighted by atomic mass is 10.2. The van der Waals surface area contributed by atoms with Crippen molar-refractivity contribution >= 4 is 0 Å². The maximum atomic E-state index is 5.79. The number of nitrogens with one attached hydrogen (secondary N) is 1. The zero-order valence-electron chi connectivity index (χ0n) is 12.1. The minimum absolute atomic E-state index is 0.262. The smallest absolute Gasteiger partial charge is 0.138 e. The molecule has 0 aliphatic rings. The largest absolute Gasteiger partial charge is 0.489 e. The van der Waals surface area contributed by atoms with Gasteiger partial charge in [0.1, 0.15) is 5.75 Å². The van der Waals surface area contributed by atoms with Gasteiger partial charge in [0.25, 0.3) is 0 Å². The van der Waals surface area contributed by atoms with Crippen molar-refractivity contribution < 1.29 is 4.74 Å². The highest BCUT2D eigenvalue weighted by molar-refractivity contribution is 5.21. The molecule has 0 saturated heterocycles. The molecule has 18 heavy (non-hydrogen) atoms. The quantitative estimate of drug-likeness (QED) is 0.763. The van der Waals surface area contributed by atoms with Crippen LogP contribution in [0.15, 0.2) is 18.3 Å². The van der Waals surface area contributed by atoms with Gasteiger partial charge in [0.15, 0.2) is 0 Å². The molecule has 3 heteroatoms. The van der Waals surface area contributed by atoms with Gasteiger partial charge in [0.05, 0.1) is 18.0 Å². The van der Waals surface area contributed by atoms with Crippen molar-refractivity contribution in [2.45, 2.75) is 59.1 Å². The van der Waals surface area contributed by atoms with Gasteiger partial charge in [0.2, 0.25) is 0 Å². The summed E-state index contributed by atoms with van der Waals surface area (Å²) in [5.41, 5.74) is 1.07. The lowest BCUT2D eigenvalue weighted by molar-refractivity contribution is 0.209. The average molecular weight is 250 g/mol. The van der Waals surface area contributed by atoms with Crippen LogP contribution in [0.3, 0.4) is 0 Å². The average Bonchev–Trinajstić information content (AvgIpc) is 2.37. The van der Waals surface area contributed by atoms with Gasteiger partial charge in [-0.05, 0) is 45.4 Å². The Bertz CT molecular complexity index is 324. The van der Waals surface area contributed by atoms with Crippen molar-refractivity contribution in [3.63, 3.8) is 0 Å². The van der Waals surface area contributed by atoms with Crippen molar-refractivity contribution in [1.29, 1.82) is 0 Å². The Balaban J connectivity index is 2.51. The lowest BCUT2D eigenvalue weighted by Crippen LogP contribution is -2.20. The number of hydrogen-bond acceptors (Lipinski definition) is 3. The first-order chi connectivity index (χ1) is 8.67. The summed E-state index contributed by atoms with van der Waals surface area (Å²) in [5, 5.41) is 3.43. The van der Waals surface area contributed by atoms with Gasteiger partial charge in [-0.3, -0.25) is 4.98 Å². The topological polar surface area (TPSA) is 34.1 Å². The fraction of sp³-hybridized carbons (Fsp3) is 0.667. The second-order valence-corrected chi connectivity index (χ2v) is 4.81. The van der Waals surface area contributed by atoms with E-state index in [1.807, 2.05) is 18.3 Å². The summed E-state index contributed by atoms with van der Waals surface area (Å²) in [6.07, 6.45) is 5.45. The molecule has 0 amide bonds. The molecule has 0 aliphatic heterocycles. The molecule has 0 saturated carbocycles. The standard InChI is InChI=1S/C15H26N2O/c1-5-7-12(3)18-14-8-9-15(17-11-14)13(4)16-10-6-2/h8-9,11-13,16H,5-7,10H2,1-4H3. The van der Waals surface area contributed by atoms with E-state index in [0.717, 1.165) is 37.3 Å². The van der Waals surface area contributed by atoms with Gasteiger partial charge in [-0.2, -0.15) is 0 Å². The predicted molar refractivity (Wildman–Crippen MR) is 75.9 cm³/mol. The van der Waals surface area contributed by atoms with Crippen LogP contribution < -0.4 is 10.1 Å². The third-order valence-corrected chi connectivity index (χ3v) is 2.94. The molecule has 2 atom stereocenters. The molecule has 1 aromatic heterocycles. The van der Waals surface area contributed by atoms with Crippen LogP contribution in [-0.4, -0.2) is 17.6 Å². The molecule has 102 valence electrons. The third-order valence-electron chi connectivity index (χ3n) is 2.94. The van der Waals surface area contributed by atoms with Crippen molar-refractivity contribution in [3.8, 4) is 5.75 Å². The van der Waals surface area contributed by atoms with Gasteiger partial charge in [-0.15, -0.1) is 0 Å². The normalized spacial score (nSPS) is 14.2. The van der Waals surface area contributed by atoms with Crippen LogP contribution in [0.4, 0.5) is 0 Å². The molecule has 0 aromatic carbocycles. The fourth-order valence-corrected chi connectivity index (χ4v) is 1.88. The van der Waals surface area contributed by atoms with E-state index in [-0.39, 0.29) is 6.10 Å². The van der Waals surface area contributed by atoms with Crippen LogP contribution in [0, 0.1) is 0 Å². The van der Waals surface area contributed by atoms with Crippen molar-refractivity contribution in [2.24, 2.45) is 0 Å². The number of aromatic nitrogens is 1. The summed E-state index contributed by atoms with van der Waals surface area (Å²) < 4.78 is 5.79. The van der Waals surface area contributed by atoms with E-state index >= 15 is 0 Å². The molecular weight excluding hydrogens is 224 g/mol. The summed E-state index contributed by atoms with van der Waals surface area (Å²) >= 11 is 0. The molecule has 1 N–H and O–H groups in total. The first-order valence-corrected chi connectivity index (χ1v) is 7.03. The summed E-state index contributed by atoms with van der Waals surface area (Å²) in [6, 6.07) is 4.35. The number of rotatable bonds is 8. The molecule has 0 bridgehead atoms. The molecular formula is C15H26N2O. The molecule has 0 spiro atoms. The van der Waals surface area contributed by atoms with Gasteiger partial charge < -0.3 is 10.1 Å². The van der Waals surface area contributed by atoms with Crippen molar-refractivity contribution in [1.82, 2.24) is 10.3 Å². The number of pyridine rings is 1. The first kappa shape index (κ1) is 15.0. The number of nitrogens with zero attached hydrogens (tertiary/aromatic N) is 1. The molecule has 0 aliphatic carbocycles. The van der Waals surface area contributed by atoms with E-state index in [1.54, 1.807) is 0 Å². The highest BCUT2D eigenvalue weighted by Crippen LogP contribution is 2.16. The van der Waals surface area contributed by atoms with E-state index in [4.69, 9.17) is 4.74 Å². The highest BCUT2D eigenvalue weighted by atomic mass is 16.5. The SMILES string of the molecule is CCCNC(C)c1ccc(OC(C)CCC)cn1. The van der Waals surface area contributed by atoms with E-state index in [2.05, 4.69) is 38.0 Å². The zero-order valence-corrected chi connectivity index (χ0v) is 12.1. The summed E-state index contributed by atoms with van der Waals surface area (Å²) in [4.78, 5) is 4.46. The van der Waals surface area contributed by atoms with Crippen molar-refractivity contribution in [2.75, 3.05) is 6.54 Å². The van der Waals surface area contributed by atoms with Crippen LogP contribution in [0.5, 0.6) is 5.75 Å². The van der Waals surface area contributed by atoms with E-state index in [9.17, 15) is 0 Å². The summed E-state index contributed by atoms with van der Waals surface area (Å²) in [5.74, 6) is 0.863. The Labute approximate surface area is 111 Å². The Hall–Kier alpha value is -1.09. The maximum absolute atomic E-state index is 5.79. The Morgan fingerprint density at radius 1 is 1.22 bits per heavy atom. The maximum Gasteiger partial charge on any atom is 0.138 e. The summed E-state index contributed by atoms with van der Waals surface area (Å²) in [7, 11) is 0. The number of ether oxygens (including phenoxy) is 1. The second-order valence-electron chi connectivity index (χ2n) is 4.81. The molecule has 0 radical (unpaired) electrons. The number of hydrogen-bond donors (Lipinski definition) is 1. The fourth-order valence-electron chi connectivity index (χ4n) is 1.88. The van der Waals surface area contributed by atoms with Crippen molar-refractivity contribution in [3.05, 3.63) is 24.0 Å². The predicted octanol–water partition coefficient (Wildman–Crippen LogP) is 3.71. The molecule has 1 heterocycles. The highest BCUT2D eigenvalue weighted by Gasteiger charge is 2.07. The molecule has 3 nitrogen and oxygen atoms in total. The molecule has 1 rings (SSSR count). The monoisotopic (exact) mass is 250 g/mol. The van der Waals surface area contributed by atoms with Gasteiger partial charge in [0, 0.05) is 6.04 Å². The lowest BCUT2D eigenvalue weighted by Gasteiger charge is -2.15. The van der Waals surface area contributed by atoms with Gasteiger partial charge in [-0.1, -0.05) is 20.3 Å². The Morgan fingerprint density at radius 3 is 2.56 bits per heavy atom. The van der Waals surface area contributed by atoms with Crippen LogP contribution in [0.2, 0.25) is 0 Å². The molecule has 2 unspecified atom stereocenters.